The van der Waals surface area contributed by atoms with Crippen molar-refractivity contribution in [2.45, 2.75) is 38.7 Å². The highest BCUT2D eigenvalue weighted by molar-refractivity contribution is 7.08. The molecule has 2 aromatic rings. The lowest BCUT2D eigenvalue weighted by Gasteiger charge is -2.32. The molecule has 0 N–H and O–H groups in total. The summed E-state index contributed by atoms with van der Waals surface area (Å²) in [6.07, 6.45) is 6.62. The van der Waals surface area contributed by atoms with Gasteiger partial charge in [-0.2, -0.15) is 0 Å². The van der Waals surface area contributed by atoms with Gasteiger partial charge in [0, 0.05) is 18.8 Å². The molecular weight excluding hydrogens is 314 g/mol. The van der Waals surface area contributed by atoms with Crippen molar-refractivity contribution in [2.75, 3.05) is 13.1 Å². The SMILES string of the molecule is CCCc1nnsc1C(=O)N1CCCC(Oc2ccncn2)C1. The Morgan fingerprint density at radius 3 is 3.22 bits per heavy atom. The van der Waals surface area contributed by atoms with Gasteiger partial charge in [0.2, 0.25) is 5.88 Å². The van der Waals surface area contributed by atoms with Crippen molar-refractivity contribution < 1.29 is 9.53 Å². The quantitative estimate of drug-likeness (QED) is 0.832. The van der Waals surface area contributed by atoms with E-state index in [0.717, 1.165) is 37.9 Å². The van der Waals surface area contributed by atoms with Crippen LogP contribution in [0.1, 0.15) is 41.6 Å². The van der Waals surface area contributed by atoms with Crippen LogP contribution in [0.25, 0.3) is 0 Å². The topological polar surface area (TPSA) is 81.1 Å². The minimum absolute atomic E-state index is 0.0134. The van der Waals surface area contributed by atoms with E-state index in [-0.39, 0.29) is 12.0 Å². The van der Waals surface area contributed by atoms with E-state index in [4.69, 9.17) is 4.74 Å². The summed E-state index contributed by atoms with van der Waals surface area (Å²) < 4.78 is 9.80. The Labute approximate surface area is 138 Å². The molecule has 1 aliphatic rings. The lowest BCUT2D eigenvalue weighted by Crippen LogP contribution is -2.44. The van der Waals surface area contributed by atoms with E-state index in [2.05, 4.69) is 26.5 Å². The van der Waals surface area contributed by atoms with Gasteiger partial charge >= 0.3 is 0 Å². The molecule has 0 spiro atoms. The Hall–Kier alpha value is -2.09. The number of hydrogen-bond acceptors (Lipinski definition) is 7. The zero-order valence-electron chi connectivity index (χ0n) is 13.0. The Bertz CT molecular complexity index is 648. The predicted molar refractivity (Wildman–Crippen MR) is 85.5 cm³/mol. The van der Waals surface area contributed by atoms with E-state index in [1.54, 1.807) is 12.3 Å². The number of hydrogen-bond donors (Lipinski definition) is 0. The van der Waals surface area contributed by atoms with E-state index in [1.165, 1.54) is 17.9 Å². The summed E-state index contributed by atoms with van der Waals surface area (Å²) in [6, 6.07) is 1.73. The third-order valence-electron chi connectivity index (χ3n) is 3.74. The molecule has 1 saturated heterocycles. The van der Waals surface area contributed by atoms with Gasteiger partial charge in [0.25, 0.3) is 5.91 Å². The first kappa shape index (κ1) is 15.8. The maximum atomic E-state index is 12.7. The Kier molecular flexibility index (Phi) is 5.12. The second kappa shape index (κ2) is 7.45. The van der Waals surface area contributed by atoms with Crippen LogP contribution in [0, 0.1) is 0 Å². The van der Waals surface area contributed by atoms with Gasteiger partial charge in [-0.3, -0.25) is 4.79 Å². The number of aryl methyl sites for hydroxylation is 1. The molecule has 0 bridgehead atoms. The van der Waals surface area contributed by atoms with Gasteiger partial charge in [-0.05, 0) is 30.8 Å². The number of carbonyl (C=O) groups excluding carboxylic acids is 1. The highest BCUT2D eigenvalue weighted by Gasteiger charge is 2.28. The second-order valence-corrected chi connectivity index (χ2v) is 6.23. The summed E-state index contributed by atoms with van der Waals surface area (Å²) in [7, 11) is 0. The summed E-state index contributed by atoms with van der Waals surface area (Å²) in [5.41, 5.74) is 0.807. The summed E-state index contributed by atoms with van der Waals surface area (Å²) in [5.74, 6) is 0.560. The van der Waals surface area contributed by atoms with Crippen LogP contribution in [-0.4, -0.2) is 49.6 Å². The average molecular weight is 333 g/mol. The maximum absolute atomic E-state index is 12.7. The normalized spacial score (nSPS) is 18.0. The van der Waals surface area contributed by atoms with Crippen LogP contribution in [0.5, 0.6) is 5.88 Å². The van der Waals surface area contributed by atoms with Crippen LogP contribution in [0.3, 0.4) is 0 Å². The van der Waals surface area contributed by atoms with Crippen LogP contribution >= 0.6 is 11.5 Å². The maximum Gasteiger partial charge on any atom is 0.267 e. The van der Waals surface area contributed by atoms with E-state index >= 15 is 0 Å². The molecule has 1 unspecified atom stereocenters. The third kappa shape index (κ3) is 3.82. The number of nitrogens with zero attached hydrogens (tertiary/aromatic N) is 5. The lowest BCUT2D eigenvalue weighted by molar-refractivity contribution is 0.0530. The lowest BCUT2D eigenvalue weighted by atomic mass is 10.1. The van der Waals surface area contributed by atoms with Crippen LogP contribution in [0.15, 0.2) is 18.6 Å². The number of carbonyl (C=O) groups is 1. The summed E-state index contributed by atoms with van der Waals surface area (Å²) in [4.78, 5) is 23.2. The molecule has 0 aromatic carbocycles. The smallest absolute Gasteiger partial charge is 0.267 e. The average Bonchev–Trinajstić information content (AvgIpc) is 3.04. The molecule has 7 nitrogen and oxygen atoms in total. The van der Waals surface area contributed by atoms with E-state index in [9.17, 15) is 4.79 Å². The monoisotopic (exact) mass is 333 g/mol. The largest absolute Gasteiger partial charge is 0.472 e. The standard InChI is InChI=1S/C15H19N5O2S/c1-2-4-12-14(23-19-18-12)15(21)20-8-3-5-11(9-20)22-13-6-7-16-10-17-13/h6-7,10-11H,2-5,8-9H2,1H3. The van der Waals surface area contributed by atoms with Crippen molar-refractivity contribution >= 4 is 17.4 Å². The fourth-order valence-corrected chi connectivity index (χ4v) is 3.33. The molecule has 8 heteroatoms. The van der Waals surface area contributed by atoms with Gasteiger partial charge < -0.3 is 9.64 Å². The number of amides is 1. The van der Waals surface area contributed by atoms with Gasteiger partial charge in [0.15, 0.2) is 0 Å². The summed E-state index contributed by atoms with van der Waals surface area (Å²) >= 11 is 1.18. The third-order valence-corrected chi connectivity index (χ3v) is 4.50. The molecule has 3 heterocycles. The number of aromatic nitrogens is 4. The van der Waals surface area contributed by atoms with Gasteiger partial charge in [-0.25, -0.2) is 9.97 Å². The molecule has 23 heavy (non-hydrogen) atoms. The first-order chi connectivity index (χ1) is 11.3. The highest BCUT2D eigenvalue weighted by atomic mass is 32.1. The van der Waals surface area contributed by atoms with E-state index in [1.807, 2.05) is 4.90 Å². The molecule has 1 aliphatic heterocycles. The first-order valence-electron chi connectivity index (χ1n) is 7.81. The highest BCUT2D eigenvalue weighted by Crippen LogP contribution is 2.21. The number of piperidine rings is 1. The van der Waals surface area contributed by atoms with Gasteiger partial charge in [0.05, 0.1) is 12.2 Å². The Morgan fingerprint density at radius 2 is 2.43 bits per heavy atom. The molecule has 1 atom stereocenters. The number of ether oxygens (including phenoxy) is 1. The predicted octanol–water partition coefficient (Wildman–Crippen LogP) is 1.96. The molecule has 3 rings (SSSR count). The fraction of sp³-hybridized carbons (Fsp3) is 0.533. The van der Waals surface area contributed by atoms with Crippen LogP contribution in [0.4, 0.5) is 0 Å². The van der Waals surface area contributed by atoms with E-state index in [0.29, 0.717) is 17.3 Å². The van der Waals surface area contributed by atoms with Crippen molar-refractivity contribution in [2.24, 2.45) is 0 Å². The van der Waals surface area contributed by atoms with Gasteiger partial charge in [-0.1, -0.05) is 17.8 Å². The van der Waals surface area contributed by atoms with Crippen molar-refractivity contribution in [1.29, 1.82) is 0 Å². The molecule has 0 aliphatic carbocycles. The Morgan fingerprint density at radius 1 is 1.52 bits per heavy atom. The number of rotatable bonds is 5. The fourth-order valence-electron chi connectivity index (χ4n) is 2.65. The van der Waals surface area contributed by atoms with Crippen molar-refractivity contribution in [1.82, 2.24) is 24.5 Å². The minimum Gasteiger partial charge on any atom is -0.472 e. The molecule has 122 valence electrons. The zero-order chi connectivity index (χ0) is 16.1. The van der Waals surface area contributed by atoms with Crippen molar-refractivity contribution in [3.8, 4) is 5.88 Å². The van der Waals surface area contributed by atoms with Crippen molar-refractivity contribution in [3.63, 3.8) is 0 Å². The number of likely N-dealkylation sites (tertiary alicyclic amines) is 1. The molecular formula is C15H19N5O2S. The molecule has 1 amide bonds. The Balaban J connectivity index is 1.66. The van der Waals surface area contributed by atoms with E-state index < -0.39 is 0 Å². The second-order valence-electron chi connectivity index (χ2n) is 5.48. The molecule has 1 fully saturated rings. The van der Waals surface area contributed by atoms with Crippen LogP contribution < -0.4 is 4.74 Å². The van der Waals surface area contributed by atoms with Crippen LogP contribution in [0.2, 0.25) is 0 Å². The molecule has 0 radical (unpaired) electrons. The first-order valence-corrected chi connectivity index (χ1v) is 8.58. The van der Waals surface area contributed by atoms with Crippen LogP contribution in [-0.2, 0) is 6.42 Å². The zero-order valence-corrected chi connectivity index (χ0v) is 13.8. The molecule has 0 saturated carbocycles. The summed E-state index contributed by atoms with van der Waals surface area (Å²) in [5, 5.41) is 4.08. The molecule has 2 aromatic heterocycles. The van der Waals surface area contributed by atoms with Gasteiger partial charge in [-0.15, -0.1) is 5.10 Å². The van der Waals surface area contributed by atoms with Crippen molar-refractivity contribution in [3.05, 3.63) is 29.2 Å². The summed E-state index contributed by atoms with van der Waals surface area (Å²) in [6.45, 7) is 3.37. The minimum atomic E-state index is -0.0434. The van der Waals surface area contributed by atoms with Gasteiger partial charge in [0.1, 0.15) is 17.3 Å².